The van der Waals surface area contributed by atoms with Crippen LogP contribution in [-0.2, 0) is 9.16 Å². The highest BCUT2D eigenvalue weighted by molar-refractivity contribution is 9.10. The summed E-state index contributed by atoms with van der Waals surface area (Å²) in [6, 6.07) is 1.84. The van der Waals surface area contributed by atoms with Gasteiger partial charge < -0.3 is 14.5 Å². The summed E-state index contributed by atoms with van der Waals surface area (Å²) < 4.78 is 12.7. The van der Waals surface area contributed by atoms with E-state index in [4.69, 9.17) is 20.8 Å². The summed E-state index contributed by atoms with van der Waals surface area (Å²) in [7, 11) is -1.98. The van der Waals surface area contributed by atoms with Crippen molar-refractivity contribution < 1.29 is 14.0 Å². The van der Waals surface area contributed by atoms with Crippen LogP contribution in [0.15, 0.2) is 16.7 Å². The molecule has 0 aliphatic rings. The lowest BCUT2D eigenvalue weighted by Gasteiger charge is -2.41. The zero-order valence-corrected chi connectivity index (χ0v) is 24.4. The highest BCUT2D eigenvalue weighted by Crippen LogP contribution is 2.39. The number of nitrogens with one attached hydrogen (secondary N) is 1. The predicted molar refractivity (Wildman–Crippen MR) is 143 cm³/mol. The highest BCUT2D eigenvalue weighted by atomic mass is 79.9. The van der Waals surface area contributed by atoms with Crippen LogP contribution >= 0.6 is 27.5 Å². The summed E-state index contributed by atoms with van der Waals surface area (Å²) in [5.41, 5.74) is 1.46. The Labute approximate surface area is 212 Å². The van der Waals surface area contributed by atoms with Gasteiger partial charge in [-0.1, -0.05) is 52.1 Å². The molecule has 9 heteroatoms. The molecule has 184 valence electrons. The molecule has 2 heterocycles. The number of hydrogen-bond acceptors (Lipinski definition) is 6. The maximum absolute atomic E-state index is 12.9. The van der Waals surface area contributed by atoms with Crippen molar-refractivity contribution in [3.05, 3.63) is 27.5 Å². The zero-order valence-electron chi connectivity index (χ0n) is 21.1. The van der Waals surface area contributed by atoms with Crippen molar-refractivity contribution in [2.75, 3.05) is 18.5 Å². The molecule has 0 spiro atoms. The van der Waals surface area contributed by atoms with Gasteiger partial charge in [-0.25, -0.2) is 9.78 Å². The van der Waals surface area contributed by atoms with E-state index in [1.165, 1.54) is 0 Å². The number of rotatable bonds is 10. The van der Waals surface area contributed by atoms with Crippen LogP contribution in [0.2, 0.25) is 23.3 Å². The van der Waals surface area contributed by atoms with Crippen LogP contribution in [-0.4, -0.2) is 43.0 Å². The molecule has 0 aliphatic heterocycles. The number of esters is 1. The summed E-state index contributed by atoms with van der Waals surface area (Å²) in [6.07, 6.45) is 4.60. The summed E-state index contributed by atoms with van der Waals surface area (Å²) in [4.78, 5) is 21.9. The second-order valence-corrected chi connectivity index (χ2v) is 16.3. The average Bonchev–Trinajstić information content (AvgIpc) is 2.70. The van der Waals surface area contributed by atoms with E-state index in [0.29, 0.717) is 23.3 Å². The summed E-state index contributed by atoms with van der Waals surface area (Å²) >= 11 is 9.96. The Morgan fingerprint density at radius 2 is 1.91 bits per heavy atom. The number of hydrogen-bond donors (Lipinski definition) is 1. The van der Waals surface area contributed by atoms with Crippen molar-refractivity contribution in [1.82, 2.24) is 9.97 Å². The third-order valence-corrected chi connectivity index (χ3v) is 11.5. The van der Waals surface area contributed by atoms with Gasteiger partial charge in [0, 0.05) is 10.7 Å². The van der Waals surface area contributed by atoms with Gasteiger partial charge in [0.05, 0.1) is 30.0 Å². The minimum atomic E-state index is -1.98. The average molecular weight is 559 g/mol. The number of pyridine rings is 2. The van der Waals surface area contributed by atoms with Gasteiger partial charge in [-0.15, -0.1) is 0 Å². The van der Waals surface area contributed by atoms with Gasteiger partial charge in [0.2, 0.25) is 0 Å². The van der Waals surface area contributed by atoms with E-state index in [0.717, 1.165) is 23.7 Å². The molecule has 0 amide bonds. The molecule has 2 rings (SSSR count). The second kappa shape index (κ2) is 11.0. The Hall–Kier alpha value is -1.22. The summed E-state index contributed by atoms with van der Waals surface area (Å²) in [6.45, 7) is 18.0. The molecule has 0 aliphatic carbocycles. The lowest BCUT2D eigenvalue weighted by Crippen LogP contribution is -2.48. The first-order valence-electron chi connectivity index (χ1n) is 11.5. The van der Waals surface area contributed by atoms with Gasteiger partial charge in [-0.3, -0.25) is 4.98 Å². The number of carbonyl (C=O) groups excluding carboxylic acids is 1. The molecular weight excluding hydrogens is 522 g/mol. The quantitative estimate of drug-likeness (QED) is 0.184. The third kappa shape index (κ3) is 6.90. The first kappa shape index (κ1) is 28.0. The van der Waals surface area contributed by atoms with Crippen LogP contribution in [0.5, 0.6) is 0 Å². The normalized spacial score (nSPS) is 14.2. The molecule has 0 radical (unpaired) electrons. The molecule has 0 fully saturated rings. The van der Waals surface area contributed by atoms with E-state index in [-0.39, 0.29) is 22.4 Å². The molecule has 2 aromatic rings. The van der Waals surface area contributed by atoms with Gasteiger partial charge in [-0.2, -0.15) is 0 Å². The number of carbonyl (C=O) groups is 1. The van der Waals surface area contributed by atoms with E-state index >= 15 is 0 Å². The fraction of sp³-hybridized carbons (Fsp3) is 0.625. The Bertz CT molecular complexity index is 997. The first-order valence-corrected chi connectivity index (χ1v) is 15.6. The number of anilines is 1. The van der Waals surface area contributed by atoms with Crippen molar-refractivity contribution in [1.29, 1.82) is 0 Å². The van der Waals surface area contributed by atoms with Crippen molar-refractivity contribution in [2.24, 2.45) is 0 Å². The van der Waals surface area contributed by atoms with Crippen molar-refractivity contribution in [3.8, 4) is 0 Å². The van der Waals surface area contributed by atoms with E-state index in [2.05, 4.69) is 78.9 Å². The molecule has 1 atom stereocenters. The standard InChI is InChI=1S/C24H37BrClN3O3Si/c1-9-11-12-24(6,15-32-33(7,8)23(3,4)5)29-20-18(22(30)31-10-2)21(26)28-17-13-16(25)14-27-19(17)20/h13-14H,9-12,15H2,1-8H3,(H,28,29)/t24-/m1/s1. The van der Waals surface area contributed by atoms with Crippen molar-refractivity contribution >= 4 is 58.5 Å². The molecule has 0 saturated heterocycles. The number of aromatic nitrogens is 2. The van der Waals surface area contributed by atoms with E-state index in [9.17, 15) is 4.79 Å². The van der Waals surface area contributed by atoms with E-state index < -0.39 is 19.8 Å². The number of halogens is 2. The summed E-state index contributed by atoms with van der Waals surface area (Å²) in [5.74, 6) is -0.521. The minimum absolute atomic E-state index is 0.0894. The van der Waals surface area contributed by atoms with E-state index in [1.54, 1.807) is 13.1 Å². The second-order valence-electron chi connectivity index (χ2n) is 10.2. The first-order chi connectivity index (χ1) is 15.2. The lowest BCUT2D eigenvalue weighted by molar-refractivity contribution is 0.0527. The molecule has 0 aromatic carbocycles. The van der Waals surface area contributed by atoms with Gasteiger partial charge in [0.25, 0.3) is 0 Å². The lowest BCUT2D eigenvalue weighted by atomic mass is 9.94. The van der Waals surface area contributed by atoms with Crippen LogP contribution in [0.25, 0.3) is 11.0 Å². The third-order valence-electron chi connectivity index (χ3n) is 6.29. The molecule has 1 N–H and O–H groups in total. The minimum Gasteiger partial charge on any atom is -0.462 e. The number of nitrogens with zero attached hydrogens (tertiary/aromatic N) is 2. The van der Waals surface area contributed by atoms with Gasteiger partial charge in [-0.05, 0) is 60.4 Å². The Kier molecular flexibility index (Phi) is 9.35. The molecule has 33 heavy (non-hydrogen) atoms. The van der Waals surface area contributed by atoms with Crippen LogP contribution in [0.3, 0.4) is 0 Å². The smallest absolute Gasteiger partial charge is 0.343 e. The SMILES string of the molecule is CCCC[C@](C)(CO[Si](C)(C)C(C)(C)C)Nc1c(C(=O)OCC)c(Cl)nc2cc(Br)cnc12. The molecule has 2 aromatic heterocycles. The monoisotopic (exact) mass is 557 g/mol. The Balaban J connectivity index is 2.60. The fourth-order valence-corrected chi connectivity index (χ4v) is 4.89. The van der Waals surface area contributed by atoms with Crippen LogP contribution in [0.1, 0.15) is 71.2 Å². The van der Waals surface area contributed by atoms with Crippen LogP contribution in [0, 0.1) is 0 Å². The number of ether oxygens (including phenoxy) is 1. The Morgan fingerprint density at radius 1 is 1.24 bits per heavy atom. The largest absolute Gasteiger partial charge is 0.462 e. The highest BCUT2D eigenvalue weighted by Gasteiger charge is 2.39. The van der Waals surface area contributed by atoms with Crippen LogP contribution < -0.4 is 5.32 Å². The topological polar surface area (TPSA) is 73.3 Å². The Morgan fingerprint density at radius 3 is 2.48 bits per heavy atom. The number of unbranched alkanes of at least 4 members (excludes halogenated alkanes) is 1. The molecule has 0 bridgehead atoms. The molecule has 0 saturated carbocycles. The van der Waals surface area contributed by atoms with Crippen molar-refractivity contribution in [2.45, 2.75) is 84.5 Å². The number of fused-ring (bicyclic) bond motifs is 1. The predicted octanol–water partition coefficient (Wildman–Crippen LogP) is 7.61. The van der Waals surface area contributed by atoms with Gasteiger partial charge in [0.15, 0.2) is 8.32 Å². The maximum Gasteiger partial charge on any atom is 0.343 e. The fourth-order valence-electron chi connectivity index (χ4n) is 3.20. The zero-order chi connectivity index (χ0) is 25.0. The molecular formula is C24H37BrClN3O3Si. The maximum atomic E-state index is 12.9. The molecule has 0 unspecified atom stereocenters. The van der Waals surface area contributed by atoms with Crippen molar-refractivity contribution in [3.63, 3.8) is 0 Å². The van der Waals surface area contributed by atoms with Gasteiger partial charge in [0.1, 0.15) is 16.2 Å². The van der Waals surface area contributed by atoms with Gasteiger partial charge >= 0.3 is 5.97 Å². The molecule has 6 nitrogen and oxygen atoms in total. The van der Waals surface area contributed by atoms with Crippen LogP contribution in [0.4, 0.5) is 5.69 Å². The summed E-state index contributed by atoms with van der Waals surface area (Å²) in [5, 5.41) is 3.80. The van der Waals surface area contributed by atoms with E-state index in [1.807, 2.05) is 6.07 Å².